The molecule has 1 fully saturated rings. The highest BCUT2D eigenvalue weighted by atomic mass is 16.3. The number of piperidine rings is 1. The van der Waals surface area contributed by atoms with Crippen LogP contribution >= 0.6 is 0 Å². The number of nitrogens with zero attached hydrogens (tertiary/aromatic N) is 1. The summed E-state index contributed by atoms with van der Waals surface area (Å²) in [5.41, 5.74) is 1.22. The minimum Gasteiger partial charge on any atom is -0.396 e. The maximum absolute atomic E-state index is 12.0. The van der Waals surface area contributed by atoms with E-state index < -0.39 is 0 Å². The Labute approximate surface area is 108 Å². The van der Waals surface area contributed by atoms with E-state index in [0.29, 0.717) is 12.3 Å². The van der Waals surface area contributed by atoms with Gasteiger partial charge < -0.3 is 10.0 Å². The molecular formula is C15H21NO2. The number of aryl methyl sites for hydroxylation is 1. The van der Waals surface area contributed by atoms with Crippen LogP contribution < -0.4 is 0 Å². The van der Waals surface area contributed by atoms with Gasteiger partial charge in [-0.2, -0.15) is 0 Å². The second-order valence-electron chi connectivity index (χ2n) is 4.99. The average molecular weight is 247 g/mol. The number of carbonyl (C=O) groups excluding carboxylic acids is 1. The lowest BCUT2D eigenvalue weighted by molar-refractivity contribution is -0.132. The highest BCUT2D eigenvalue weighted by Crippen LogP contribution is 2.17. The summed E-state index contributed by atoms with van der Waals surface area (Å²) in [7, 11) is 0. The van der Waals surface area contributed by atoms with Crippen molar-refractivity contribution in [3.05, 3.63) is 35.9 Å². The van der Waals surface area contributed by atoms with Gasteiger partial charge in [-0.25, -0.2) is 0 Å². The fourth-order valence-electron chi connectivity index (χ4n) is 2.42. The van der Waals surface area contributed by atoms with E-state index in [2.05, 4.69) is 12.1 Å². The first-order valence-corrected chi connectivity index (χ1v) is 6.72. The first kappa shape index (κ1) is 13.1. The lowest BCUT2D eigenvalue weighted by atomic mass is 9.97. The largest absolute Gasteiger partial charge is 0.396 e. The summed E-state index contributed by atoms with van der Waals surface area (Å²) in [5.74, 6) is 0.637. The van der Waals surface area contributed by atoms with Crippen molar-refractivity contribution >= 4 is 5.91 Å². The lowest BCUT2D eigenvalue weighted by Gasteiger charge is -2.31. The fraction of sp³-hybridized carbons (Fsp3) is 0.533. The van der Waals surface area contributed by atoms with Crippen molar-refractivity contribution < 1.29 is 9.90 Å². The third-order valence-corrected chi connectivity index (χ3v) is 3.70. The van der Waals surface area contributed by atoms with Crippen molar-refractivity contribution in [2.24, 2.45) is 5.92 Å². The van der Waals surface area contributed by atoms with Gasteiger partial charge in [0.1, 0.15) is 0 Å². The number of benzene rings is 1. The molecule has 2 rings (SSSR count). The molecule has 0 unspecified atom stereocenters. The molecule has 3 heteroatoms. The predicted octanol–water partition coefficient (Wildman–Crippen LogP) is 1.85. The molecule has 0 radical (unpaired) electrons. The highest BCUT2D eigenvalue weighted by molar-refractivity contribution is 5.76. The summed E-state index contributed by atoms with van der Waals surface area (Å²) in [6, 6.07) is 10.1. The summed E-state index contributed by atoms with van der Waals surface area (Å²) >= 11 is 0. The van der Waals surface area contributed by atoms with Crippen LogP contribution in [-0.4, -0.2) is 35.6 Å². The molecule has 0 aliphatic carbocycles. The lowest BCUT2D eigenvalue weighted by Crippen LogP contribution is -2.39. The number of amides is 1. The van der Waals surface area contributed by atoms with Gasteiger partial charge in [0.25, 0.3) is 0 Å². The standard InChI is InChI=1S/C15H21NO2/c17-12-14-8-10-16(11-9-14)15(18)7-6-13-4-2-1-3-5-13/h1-5,14,17H,6-12H2. The van der Waals surface area contributed by atoms with Crippen molar-refractivity contribution in [2.45, 2.75) is 25.7 Å². The van der Waals surface area contributed by atoms with Crippen molar-refractivity contribution in [1.82, 2.24) is 4.90 Å². The van der Waals surface area contributed by atoms with Crippen LogP contribution in [-0.2, 0) is 11.2 Å². The second kappa shape index (κ2) is 6.55. The average Bonchev–Trinajstić information content (AvgIpc) is 2.46. The van der Waals surface area contributed by atoms with Crippen LogP contribution in [0.4, 0.5) is 0 Å². The molecule has 1 N–H and O–H groups in total. The maximum atomic E-state index is 12.0. The number of carbonyl (C=O) groups is 1. The number of likely N-dealkylation sites (tertiary alicyclic amines) is 1. The molecule has 3 nitrogen and oxygen atoms in total. The third kappa shape index (κ3) is 3.57. The predicted molar refractivity (Wildman–Crippen MR) is 71.2 cm³/mol. The number of hydrogen-bond donors (Lipinski definition) is 1. The number of rotatable bonds is 4. The van der Waals surface area contributed by atoms with Gasteiger partial charge in [0.2, 0.25) is 5.91 Å². The normalized spacial score (nSPS) is 16.8. The molecule has 1 aromatic carbocycles. The molecule has 0 bridgehead atoms. The summed E-state index contributed by atoms with van der Waals surface area (Å²) in [5, 5.41) is 9.06. The van der Waals surface area contributed by atoms with E-state index in [1.54, 1.807) is 0 Å². The molecule has 0 aromatic heterocycles. The maximum Gasteiger partial charge on any atom is 0.222 e. The molecule has 0 atom stereocenters. The van der Waals surface area contributed by atoms with Crippen LogP contribution in [0.3, 0.4) is 0 Å². The molecule has 1 amide bonds. The van der Waals surface area contributed by atoms with Crippen molar-refractivity contribution in [3.63, 3.8) is 0 Å². The Balaban J connectivity index is 1.75. The van der Waals surface area contributed by atoms with E-state index in [0.717, 1.165) is 32.4 Å². The summed E-state index contributed by atoms with van der Waals surface area (Å²) in [6.07, 6.45) is 3.29. The van der Waals surface area contributed by atoms with Gasteiger partial charge in [0.15, 0.2) is 0 Å². The van der Waals surface area contributed by atoms with Gasteiger partial charge in [-0.3, -0.25) is 4.79 Å². The van der Waals surface area contributed by atoms with Gasteiger partial charge in [-0.15, -0.1) is 0 Å². The van der Waals surface area contributed by atoms with Gasteiger partial charge in [0, 0.05) is 26.1 Å². The van der Waals surface area contributed by atoms with E-state index in [1.807, 2.05) is 23.1 Å². The second-order valence-corrected chi connectivity index (χ2v) is 4.99. The van der Waals surface area contributed by atoms with Gasteiger partial charge >= 0.3 is 0 Å². The molecule has 1 aliphatic rings. The van der Waals surface area contributed by atoms with E-state index in [1.165, 1.54) is 5.56 Å². The molecule has 1 aromatic rings. The van der Waals surface area contributed by atoms with Gasteiger partial charge in [-0.05, 0) is 30.7 Å². The first-order chi connectivity index (χ1) is 8.79. The topological polar surface area (TPSA) is 40.5 Å². The Kier molecular flexibility index (Phi) is 4.76. The van der Waals surface area contributed by atoms with E-state index in [4.69, 9.17) is 5.11 Å². The minimum absolute atomic E-state index is 0.246. The number of hydrogen-bond acceptors (Lipinski definition) is 2. The monoisotopic (exact) mass is 247 g/mol. The zero-order valence-corrected chi connectivity index (χ0v) is 10.7. The molecule has 1 saturated heterocycles. The van der Waals surface area contributed by atoms with Crippen molar-refractivity contribution in [3.8, 4) is 0 Å². The Morgan fingerprint density at radius 2 is 1.89 bits per heavy atom. The van der Waals surface area contributed by atoms with E-state index in [9.17, 15) is 4.79 Å². The van der Waals surface area contributed by atoms with Crippen LogP contribution in [0, 0.1) is 5.92 Å². The van der Waals surface area contributed by atoms with Crippen LogP contribution in [0.1, 0.15) is 24.8 Å². The Hall–Kier alpha value is -1.35. The molecule has 1 aliphatic heterocycles. The van der Waals surface area contributed by atoms with Crippen LogP contribution in [0.2, 0.25) is 0 Å². The molecule has 0 saturated carbocycles. The Morgan fingerprint density at radius 1 is 1.22 bits per heavy atom. The summed E-state index contributed by atoms with van der Waals surface area (Å²) in [6.45, 7) is 1.86. The third-order valence-electron chi connectivity index (χ3n) is 3.70. The van der Waals surface area contributed by atoms with Gasteiger partial charge in [0.05, 0.1) is 0 Å². The molecular weight excluding hydrogens is 226 g/mol. The Bertz CT molecular complexity index is 369. The van der Waals surface area contributed by atoms with Crippen molar-refractivity contribution in [1.29, 1.82) is 0 Å². The first-order valence-electron chi connectivity index (χ1n) is 6.72. The van der Waals surface area contributed by atoms with Gasteiger partial charge in [-0.1, -0.05) is 30.3 Å². The molecule has 18 heavy (non-hydrogen) atoms. The van der Waals surface area contributed by atoms with E-state index >= 15 is 0 Å². The summed E-state index contributed by atoms with van der Waals surface area (Å²) in [4.78, 5) is 14.0. The highest BCUT2D eigenvalue weighted by Gasteiger charge is 2.21. The zero-order chi connectivity index (χ0) is 12.8. The van der Waals surface area contributed by atoms with Crippen molar-refractivity contribution in [2.75, 3.05) is 19.7 Å². The summed E-state index contributed by atoms with van der Waals surface area (Å²) < 4.78 is 0. The molecule has 98 valence electrons. The number of aliphatic hydroxyl groups excluding tert-OH is 1. The quantitative estimate of drug-likeness (QED) is 0.882. The molecule has 1 heterocycles. The molecule has 0 spiro atoms. The minimum atomic E-state index is 0.246. The smallest absolute Gasteiger partial charge is 0.222 e. The SMILES string of the molecule is O=C(CCc1ccccc1)N1CCC(CO)CC1. The van der Waals surface area contributed by atoms with Crippen LogP contribution in [0.15, 0.2) is 30.3 Å². The Morgan fingerprint density at radius 3 is 2.50 bits per heavy atom. The fourth-order valence-corrected chi connectivity index (χ4v) is 2.42. The zero-order valence-electron chi connectivity index (χ0n) is 10.7. The van der Waals surface area contributed by atoms with Crippen LogP contribution in [0.25, 0.3) is 0 Å². The van der Waals surface area contributed by atoms with E-state index in [-0.39, 0.29) is 12.5 Å². The van der Waals surface area contributed by atoms with Crippen LogP contribution in [0.5, 0.6) is 0 Å². The number of aliphatic hydroxyl groups is 1.